The van der Waals surface area contributed by atoms with Gasteiger partial charge in [-0.05, 0) is 43.5 Å². The maximum absolute atomic E-state index is 13.0. The first-order valence-electron chi connectivity index (χ1n) is 10.6. The molecule has 4 heterocycles. The lowest BCUT2D eigenvalue weighted by molar-refractivity contribution is -0.183. The second-order valence-corrected chi connectivity index (χ2v) is 8.07. The number of aryl methyl sites for hydroxylation is 2. The van der Waals surface area contributed by atoms with E-state index in [1.165, 1.54) is 0 Å². The molecule has 0 radical (unpaired) electrons. The fraction of sp³-hybridized carbons (Fsp3) is 0.545. The number of hydrogen-bond donors (Lipinski definition) is 0. The molecular formula is C22H29N5O4. The molecule has 0 aromatic carbocycles. The van der Waals surface area contributed by atoms with Crippen molar-refractivity contribution in [1.29, 1.82) is 0 Å². The molecule has 2 aliphatic heterocycles. The first-order chi connectivity index (χ1) is 15.0. The summed E-state index contributed by atoms with van der Waals surface area (Å²) in [7, 11) is 3.40. The van der Waals surface area contributed by atoms with Gasteiger partial charge in [-0.1, -0.05) is 0 Å². The number of carbonyl (C=O) groups is 2. The summed E-state index contributed by atoms with van der Waals surface area (Å²) < 4.78 is 12.5. The second-order valence-electron chi connectivity index (χ2n) is 8.07. The van der Waals surface area contributed by atoms with Crippen LogP contribution in [0.5, 0.6) is 0 Å². The molecule has 31 heavy (non-hydrogen) atoms. The minimum atomic E-state index is -0.505. The van der Waals surface area contributed by atoms with Gasteiger partial charge in [0.2, 0.25) is 0 Å². The van der Waals surface area contributed by atoms with Crippen LogP contribution in [0.2, 0.25) is 0 Å². The standard InChI is InChI=1S/C22H29N5O4/c1-15-14-18(25(2)24-15)21(28)26-10-6-17(7-11-26)27-19(16-4-8-23-9-5-16)20(22(27)29)31-13-12-30-3/h4-5,8-9,14,17,19-20H,6-7,10-13H2,1-3H3/t19-,20+/m0/s1. The van der Waals surface area contributed by atoms with Crippen molar-refractivity contribution in [2.45, 2.75) is 38.0 Å². The van der Waals surface area contributed by atoms with Gasteiger partial charge < -0.3 is 19.3 Å². The van der Waals surface area contributed by atoms with Crippen LogP contribution in [0.3, 0.4) is 0 Å². The third-order valence-electron chi connectivity index (χ3n) is 6.08. The largest absolute Gasteiger partial charge is 0.382 e. The van der Waals surface area contributed by atoms with Crippen molar-refractivity contribution in [1.82, 2.24) is 24.6 Å². The Morgan fingerprint density at radius 3 is 2.52 bits per heavy atom. The van der Waals surface area contributed by atoms with Gasteiger partial charge in [0.15, 0.2) is 6.10 Å². The SMILES string of the molecule is COCCO[C@H]1C(=O)N(C2CCN(C(=O)c3cc(C)nn3C)CC2)[C@H]1c1ccncc1. The number of piperidine rings is 1. The molecule has 2 aromatic rings. The summed E-state index contributed by atoms with van der Waals surface area (Å²) in [5, 5.41) is 4.27. The highest BCUT2D eigenvalue weighted by molar-refractivity contribution is 5.93. The molecule has 2 aliphatic rings. The number of carbonyl (C=O) groups excluding carboxylic acids is 2. The number of nitrogens with zero attached hydrogens (tertiary/aromatic N) is 5. The average Bonchev–Trinajstić information content (AvgIpc) is 3.13. The first kappa shape index (κ1) is 21.5. The third-order valence-corrected chi connectivity index (χ3v) is 6.08. The monoisotopic (exact) mass is 427 g/mol. The minimum Gasteiger partial charge on any atom is -0.382 e. The summed E-state index contributed by atoms with van der Waals surface area (Å²) in [6.45, 7) is 3.91. The number of pyridine rings is 1. The van der Waals surface area contributed by atoms with Crippen LogP contribution in [-0.4, -0.2) is 81.9 Å². The van der Waals surface area contributed by atoms with Crippen LogP contribution in [0.15, 0.2) is 30.6 Å². The van der Waals surface area contributed by atoms with Gasteiger partial charge in [0.05, 0.1) is 24.9 Å². The Kier molecular flexibility index (Phi) is 6.33. The molecule has 0 unspecified atom stereocenters. The number of likely N-dealkylation sites (tertiary alicyclic amines) is 2. The molecule has 0 bridgehead atoms. The molecule has 0 aliphatic carbocycles. The highest BCUT2D eigenvalue weighted by atomic mass is 16.5. The predicted molar refractivity (Wildman–Crippen MR) is 112 cm³/mol. The van der Waals surface area contributed by atoms with E-state index >= 15 is 0 Å². The number of hydrogen-bond acceptors (Lipinski definition) is 6. The summed E-state index contributed by atoms with van der Waals surface area (Å²) >= 11 is 0. The smallest absolute Gasteiger partial charge is 0.272 e. The van der Waals surface area contributed by atoms with Crippen LogP contribution in [0, 0.1) is 6.92 Å². The number of aromatic nitrogens is 3. The molecular weight excluding hydrogens is 398 g/mol. The van der Waals surface area contributed by atoms with Crippen molar-refractivity contribution in [3.8, 4) is 0 Å². The molecule has 2 atom stereocenters. The van der Waals surface area contributed by atoms with E-state index in [0.717, 1.165) is 24.1 Å². The van der Waals surface area contributed by atoms with Gasteiger partial charge in [0, 0.05) is 45.7 Å². The van der Waals surface area contributed by atoms with E-state index in [2.05, 4.69) is 10.1 Å². The summed E-state index contributed by atoms with van der Waals surface area (Å²) in [5.74, 6) is -0.00658. The van der Waals surface area contributed by atoms with Gasteiger partial charge in [0.1, 0.15) is 5.69 Å². The summed E-state index contributed by atoms with van der Waals surface area (Å²) in [5.41, 5.74) is 2.43. The third kappa shape index (κ3) is 4.20. The Balaban J connectivity index is 1.43. The molecule has 2 aromatic heterocycles. The molecule has 2 amide bonds. The van der Waals surface area contributed by atoms with Crippen LogP contribution >= 0.6 is 0 Å². The van der Waals surface area contributed by atoms with E-state index in [1.54, 1.807) is 31.2 Å². The first-order valence-corrected chi connectivity index (χ1v) is 10.6. The Morgan fingerprint density at radius 2 is 1.90 bits per heavy atom. The number of ether oxygens (including phenoxy) is 2. The summed E-state index contributed by atoms with van der Waals surface area (Å²) in [6, 6.07) is 5.61. The van der Waals surface area contributed by atoms with E-state index < -0.39 is 6.10 Å². The Bertz CT molecular complexity index is 923. The molecule has 4 rings (SSSR count). The Morgan fingerprint density at radius 1 is 1.19 bits per heavy atom. The van der Waals surface area contributed by atoms with Crippen LogP contribution in [0.4, 0.5) is 0 Å². The molecule has 2 fully saturated rings. The van der Waals surface area contributed by atoms with E-state index in [0.29, 0.717) is 32.0 Å². The predicted octanol–water partition coefficient (Wildman–Crippen LogP) is 1.34. The lowest BCUT2D eigenvalue weighted by atomic mass is 9.86. The topological polar surface area (TPSA) is 89.8 Å². The van der Waals surface area contributed by atoms with Gasteiger partial charge in [-0.25, -0.2) is 0 Å². The van der Waals surface area contributed by atoms with E-state index in [9.17, 15) is 9.59 Å². The summed E-state index contributed by atoms with van der Waals surface area (Å²) in [6.07, 6.45) is 4.44. The summed E-state index contributed by atoms with van der Waals surface area (Å²) in [4.78, 5) is 33.7. The van der Waals surface area contributed by atoms with Crippen molar-refractivity contribution in [3.05, 3.63) is 47.5 Å². The number of β-lactam (4-membered cyclic amide) rings is 1. The Hall–Kier alpha value is -2.78. The highest BCUT2D eigenvalue weighted by Crippen LogP contribution is 2.40. The maximum atomic E-state index is 13.0. The van der Waals surface area contributed by atoms with Crippen molar-refractivity contribution in [2.24, 2.45) is 7.05 Å². The molecule has 0 spiro atoms. The average molecular weight is 428 g/mol. The van der Waals surface area contributed by atoms with Crippen LogP contribution in [-0.2, 0) is 21.3 Å². The second kappa shape index (κ2) is 9.15. The molecule has 0 N–H and O–H groups in total. The fourth-order valence-corrected chi connectivity index (χ4v) is 4.53. The normalized spacial score (nSPS) is 22.0. The van der Waals surface area contributed by atoms with E-state index in [1.807, 2.05) is 34.9 Å². The molecule has 9 nitrogen and oxygen atoms in total. The van der Waals surface area contributed by atoms with Gasteiger partial charge in [-0.15, -0.1) is 0 Å². The van der Waals surface area contributed by atoms with Crippen molar-refractivity contribution in [3.63, 3.8) is 0 Å². The fourth-order valence-electron chi connectivity index (χ4n) is 4.53. The van der Waals surface area contributed by atoms with Crippen molar-refractivity contribution < 1.29 is 19.1 Å². The van der Waals surface area contributed by atoms with Crippen LogP contribution in [0.25, 0.3) is 0 Å². The lowest BCUT2D eigenvalue weighted by Crippen LogP contribution is -2.65. The van der Waals surface area contributed by atoms with Gasteiger partial charge in [0.25, 0.3) is 11.8 Å². The highest BCUT2D eigenvalue weighted by Gasteiger charge is 2.52. The minimum absolute atomic E-state index is 0.00458. The lowest BCUT2D eigenvalue weighted by Gasteiger charge is -2.52. The maximum Gasteiger partial charge on any atom is 0.272 e. The zero-order valence-electron chi connectivity index (χ0n) is 18.2. The van der Waals surface area contributed by atoms with Gasteiger partial charge >= 0.3 is 0 Å². The number of amides is 2. The molecule has 0 saturated carbocycles. The Labute approximate surface area is 181 Å². The molecule has 166 valence electrons. The molecule has 2 saturated heterocycles. The van der Waals surface area contributed by atoms with Gasteiger partial charge in [-0.3, -0.25) is 19.3 Å². The van der Waals surface area contributed by atoms with Crippen LogP contribution in [0.1, 0.15) is 40.6 Å². The van der Waals surface area contributed by atoms with E-state index in [-0.39, 0.29) is 23.9 Å². The zero-order chi connectivity index (χ0) is 22.0. The van der Waals surface area contributed by atoms with Crippen LogP contribution < -0.4 is 0 Å². The van der Waals surface area contributed by atoms with E-state index in [4.69, 9.17) is 9.47 Å². The number of methoxy groups -OCH3 is 1. The van der Waals surface area contributed by atoms with Crippen molar-refractivity contribution >= 4 is 11.8 Å². The molecule has 9 heteroatoms. The zero-order valence-corrected chi connectivity index (χ0v) is 18.2. The number of rotatable bonds is 7. The quantitative estimate of drug-likeness (QED) is 0.489. The van der Waals surface area contributed by atoms with Gasteiger partial charge in [-0.2, -0.15) is 5.10 Å². The van der Waals surface area contributed by atoms with Crippen molar-refractivity contribution in [2.75, 3.05) is 33.4 Å².